The zero-order chi connectivity index (χ0) is 13.8. The monoisotopic (exact) mass is 260 g/mol. The Morgan fingerprint density at radius 2 is 2.21 bits per heavy atom. The first-order chi connectivity index (χ1) is 9.15. The Bertz CT molecular complexity index is 598. The standard InChI is InChI=1S/C14H16N2O3/c1-3-16(9-13(17)18)14-12-5-4-11(19-2)8-10(12)6-7-15-14/h4-8H,3,9H2,1-2H3,(H,17,18). The summed E-state index contributed by atoms with van der Waals surface area (Å²) in [5, 5.41) is 10.8. The molecule has 2 rings (SSSR count). The van der Waals surface area contributed by atoms with Crippen molar-refractivity contribution in [3.8, 4) is 5.75 Å². The van der Waals surface area contributed by atoms with Crippen molar-refractivity contribution in [2.75, 3.05) is 25.1 Å². The second-order valence-electron chi connectivity index (χ2n) is 4.13. The van der Waals surface area contributed by atoms with E-state index in [-0.39, 0.29) is 6.54 Å². The molecule has 0 aliphatic rings. The van der Waals surface area contributed by atoms with Gasteiger partial charge in [0.15, 0.2) is 0 Å². The molecule has 0 aliphatic heterocycles. The fourth-order valence-corrected chi connectivity index (χ4v) is 2.02. The largest absolute Gasteiger partial charge is 0.497 e. The van der Waals surface area contributed by atoms with Crippen LogP contribution in [-0.4, -0.2) is 36.3 Å². The van der Waals surface area contributed by atoms with E-state index in [1.165, 1.54) is 0 Å². The summed E-state index contributed by atoms with van der Waals surface area (Å²) in [6.07, 6.45) is 1.68. The number of likely N-dealkylation sites (N-methyl/N-ethyl adjacent to an activating group) is 1. The maximum absolute atomic E-state index is 10.9. The first kappa shape index (κ1) is 13.1. The van der Waals surface area contributed by atoms with E-state index in [0.717, 1.165) is 16.5 Å². The predicted molar refractivity (Wildman–Crippen MR) is 73.8 cm³/mol. The molecule has 0 aliphatic carbocycles. The van der Waals surface area contributed by atoms with Crippen LogP contribution in [0.4, 0.5) is 5.82 Å². The molecule has 1 heterocycles. The summed E-state index contributed by atoms with van der Waals surface area (Å²) in [7, 11) is 1.62. The molecule has 0 amide bonds. The van der Waals surface area contributed by atoms with Crippen molar-refractivity contribution in [1.82, 2.24) is 4.98 Å². The molecule has 0 bridgehead atoms. The van der Waals surface area contributed by atoms with Crippen molar-refractivity contribution in [1.29, 1.82) is 0 Å². The van der Waals surface area contributed by atoms with Gasteiger partial charge in [0.1, 0.15) is 18.1 Å². The number of carbonyl (C=O) groups is 1. The van der Waals surface area contributed by atoms with Gasteiger partial charge < -0.3 is 14.7 Å². The summed E-state index contributed by atoms with van der Waals surface area (Å²) in [6, 6.07) is 7.55. The molecule has 1 N–H and O–H groups in total. The van der Waals surface area contributed by atoms with Gasteiger partial charge in [0.05, 0.1) is 7.11 Å². The number of carboxylic acid groups (broad SMARTS) is 1. The minimum Gasteiger partial charge on any atom is -0.497 e. The Balaban J connectivity index is 2.50. The highest BCUT2D eigenvalue weighted by Gasteiger charge is 2.13. The van der Waals surface area contributed by atoms with Gasteiger partial charge in [-0.15, -0.1) is 0 Å². The average Bonchev–Trinajstić information content (AvgIpc) is 2.43. The predicted octanol–water partition coefficient (Wildman–Crippen LogP) is 2.15. The lowest BCUT2D eigenvalue weighted by atomic mass is 10.1. The number of anilines is 1. The van der Waals surface area contributed by atoms with E-state index in [9.17, 15) is 4.79 Å². The lowest BCUT2D eigenvalue weighted by Crippen LogP contribution is -2.30. The summed E-state index contributed by atoms with van der Waals surface area (Å²) in [5.41, 5.74) is 0. The van der Waals surface area contributed by atoms with Crippen LogP contribution in [0.25, 0.3) is 10.8 Å². The maximum Gasteiger partial charge on any atom is 0.323 e. The van der Waals surface area contributed by atoms with E-state index < -0.39 is 5.97 Å². The van der Waals surface area contributed by atoms with Crippen LogP contribution in [0.5, 0.6) is 5.75 Å². The minimum absolute atomic E-state index is 0.0609. The number of fused-ring (bicyclic) bond motifs is 1. The van der Waals surface area contributed by atoms with E-state index in [0.29, 0.717) is 12.4 Å². The lowest BCUT2D eigenvalue weighted by Gasteiger charge is -2.21. The third-order valence-corrected chi connectivity index (χ3v) is 2.96. The number of aromatic nitrogens is 1. The van der Waals surface area contributed by atoms with Gasteiger partial charge in [0.2, 0.25) is 0 Å². The summed E-state index contributed by atoms with van der Waals surface area (Å²) in [4.78, 5) is 16.9. The number of ether oxygens (including phenoxy) is 1. The third kappa shape index (κ3) is 2.76. The Morgan fingerprint density at radius 3 is 2.84 bits per heavy atom. The van der Waals surface area contributed by atoms with Crippen LogP contribution in [0.15, 0.2) is 30.5 Å². The highest BCUT2D eigenvalue weighted by Crippen LogP contribution is 2.27. The number of rotatable bonds is 5. The molecule has 100 valence electrons. The zero-order valence-electron chi connectivity index (χ0n) is 11.0. The van der Waals surface area contributed by atoms with Crippen LogP contribution >= 0.6 is 0 Å². The van der Waals surface area contributed by atoms with E-state index in [2.05, 4.69) is 4.98 Å². The Hall–Kier alpha value is -2.30. The number of benzene rings is 1. The normalized spacial score (nSPS) is 10.4. The van der Waals surface area contributed by atoms with Crippen molar-refractivity contribution in [3.05, 3.63) is 30.5 Å². The van der Waals surface area contributed by atoms with Crippen LogP contribution in [-0.2, 0) is 4.79 Å². The van der Waals surface area contributed by atoms with Crippen molar-refractivity contribution < 1.29 is 14.6 Å². The zero-order valence-corrected chi connectivity index (χ0v) is 11.0. The highest BCUT2D eigenvalue weighted by atomic mass is 16.5. The lowest BCUT2D eigenvalue weighted by molar-refractivity contribution is -0.135. The second-order valence-corrected chi connectivity index (χ2v) is 4.13. The molecule has 2 aromatic rings. The Kier molecular flexibility index (Phi) is 3.85. The van der Waals surface area contributed by atoms with Crippen LogP contribution in [0.1, 0.15) is 6.92 Å². The van der Waals surface area contributed by atoms with Crippen molar-refractivity contribution in [2.45, 2.75) is 6.92 Å². The molecule has 0 atom stereocenters. The first-order valence-electron chi connectivity index (χ1n) is 6.05. The SMILES string of the molecule is CCN(CC(=O)O)c1nccc2cc(OC)ccc12. The van der Waals surface area contributed by atoms with Gasteiger partial charge >= 0.3 is 5.97 Å². The molecule has 5 heteroatoms. The van der Waals surface area contributed by atoms with E-state index in [4.69, 9.17) is 9.84 Å². The average molecular weight is 260 g/mol. The smallest absolute Gasteiger partial charge is 0.323 e. The van der Waals surface area contributed by atoms with Crippen molar-refractivity contribution >= 4 is 22.6 Å². The third-order valence-electron chi connectivity index (χ3n) is 2.96. The molecular formula is C14H16N2O3. The van der Waals surface area contributed by atoms with Crippen molar-refractivity contribution in [3.63, 3.8) is 0 Å². The molecular weight excluding hydrogens is 244 g/mol. The van der Waals surface area contributed by atoms with Gasteiger partial charge in [0.25, 0.3) is 0 Å². The summed E-state index contributed by atoms with van der Waals surface area (Å²) in [5.74, 6) is 0.588. The fraction of sp³-hybridized carbons (Fsp3) is 0.286. The molecule has 0 saturated carbocycles. The molecule has 0 fully saturated rings. The van der Waals surface area contributed by atoms with Crippen LogP contribution in [0.2, 0.25) is 0 Å². The minimum atomic E-state index is -0.867. The van der Waals surface area contributed by atoms with Gasteiger partial charge in [-0.05, 0) is 36.6 Å². The number of carboxylic acids is 1. The number of hydrogen-bond acceptors (Lipinski definition) is 4. The summed E-state index contributed by atoms with van der Waals surface area (Å²) in [6.45, 7) is 2.44. The van der Waals surface area contributed by atoms with E-state index in [1.807, 2.05) is 31.2 Å². The molecule has 19 heavy (non-hydrogen) atoms. The quantitative estimate of drug-likeness (QED) is 0.892. The van der Waals surface area contributed by atoms with Crippen LogP contribution in [0, 0.1) is 0 Å². The van der Waals surface area contributed by atoms with Gasteiger partial charge in [-0.25, -0.2) is 4.98 Å². The van der Waals surface area contributed by atoms with Crippen LogP contribution < -0.4 is 9.64 Å². The van der Waals surface area contributed by atoms with E-state index in [1.54, 1.807) is 18.2 Å². The topological polar surface area (TPSA) is 62.7 Å². The van der Waals surface area contributed by atoms with Gasteiger partial charge in [-0.3, -0.25) is 4.79 Å². The van der Waals surface area contributed by atoms with Gasteiger partial charge in [-0.2, -0.15) is 0 Å². The molecule has 0 saturated heterocycles. The van der Waals surface area contributed by atoms with E-state index >= 15 is 0 Å². The molecule has 0 unspecified atom stereocenters. The van der Waals surface area contributed by atoms with Crippen molar-refractivity contribution in [2.24, 2.45) is 0 Å². The summed E-state index contributed by atoms with van der Waals surface area (Å²) < 4.78 is 5.19. The fourth-order valence-electron chi connectivity index (χ4n) is 2.02. The van der Waals surface area contributed by atoms with Gasteiger partial charge in [-0.1, -0.05) is 0 Å². The second kappa shape index (κ2) is 5.56. The maximum atomic E-state index is 10.9. The Morgan fingerprint density at radius 1 is 1.42 bits per heavy atom. The molecule has 0 spiro atoms. The number of methoxy groups -OCH3 is 1. The molecule has 0 radical (unpaired) electrons. The van der Waals surface area contributed by atoms with Gasteiger partial charge in [0, 0.05) is 18.1 Å². The number of hydrogen-bond donors (Lipinski definition) is 1. The number of pyridine rings is 1. The first-order valence-corrected chi connectivity index (χ1v) is 6.05. The number of aliphatic carboxylic acids is 1. The summed E-state index contributed by atoms with van der Waals surface area (Å²) >= 11 is 0. The molecule has 1 aromatic heterocycles. The van der Waals surface area contributed by atoms with Crippen LogP contribution in [0.3, 0.4) is 0 Å². The molecule has 5 nitrogen and oxygen atoms in total. The number of nitrogens with zero attached hydrogens (tertiary/aromatic N) is 2. The Labute approximate surface area is 111 Å². The molecule has 1 aromatic carbocycles. The highest BCUT2D eigenvalue weighted by molar-refractivity contribution is 5.94.